The fourth-order valence-corrected chi connectivity index (χ4v) is 3.29. The Balaban J connectivity index is 0.00000392. The molecule has 0 bridgehead atoms. The van der Waals surface area contributed by atoms with Crippen LogP contribution in [0.25, 0.3) is 0 Å². The van der Waals surface area contributed by atoms with Crippen molar-refractivity contribution in [1.29, 1.82) is 0 Å². The van der Waals surface area contributed by atoms with E-state index in [0.717, 1.165) is 11.9 Å². The number of hydrogen-bond donors (Lipinski definition) is 2. The Labute approximate surface area is 181 Å². The van der Waals surface area contributed by atoms with Crippen LogP contribution in [0.2, 0.25) is 10.0 Å². The molecule has 2 rings (SSSR count). The number of benzene rings is 2. The van der Waals surface area contributed by atoms with Crippen LogP contribution in [0.5, 0.6) is 5.75 Å². The maximum absolute atomic E-state index is 11.2. The molecule has 0 fully saturated rings. The number of ether oxygens (including phenoxy) is 1. The molecule has 0 aliphatic rings. The first kappa shape index (κ1) is 24.7. The Bertz CT molecular complexity index is 864. The van der Waals surface area contributed by atoms with Crippen molar-refractivity contribution in [2.24, 2.45) is 0 Å². The van der Waals surface area contributed by atoms with Crippen molar-refractivity contribution in [1.82, 2.24) is 0 Å². The molecule has 0 aromatic heterocycles. The highest BCUT2D eigenvalue weighted by molar-refractivity contribution is 7.92. The number of halogens is 3. The highest BCUT2D eigenvalue weighted by atomic mass is 35.5. The highest BCUT2D eigenvalue weighted by Crippen LogP contribution is 2.27. The first-order chi connectivity index (χ1) is 12.7. The van der Waals surface area contributed by atoms with Gasteiger partial charge in [-0.15, -0.1) is 12.4 Å². The number of nitrogens with zero attached hydrogens (tertiary/aromatic N) is 1. The van der Waals surface area contributed by atoms with Gasteiger partial charge in [0.1, 0.15) is 18.5 Å². The number of aliphatic hydroxyl groups is 1. The van der Waals surface area contributed by atoms with Gasteiger partial charge in [0, 0.05) is 24.5 Å². The van der Waals surface area contributed by atoms with Crippen LogP contribution in [0.4, 0.5) is 11.4 Å². The van der Waals surface area contributed by atoms with E-state index in [0.29, 0.717) is 34.6 Å². The van der Waals surface area contributed by atoms with Crippen molar-refractivity contribution in [2.75, 3.05) is 35.6 Å². The number of likely N-dealkylation sites (N-methyl/N-ethyl adjacent to an activating group) is 1. The SMILES string of the molecule is CCN(C[C@H](O)COc1ccc(NS(C)(=O)=O)cc1)c1ccc(Cl)c(Cl)c1.Cl. The fourth-order valence-electron chi connectivity index (χ4n) is 2.43. The van der Waals surface area contributed by atoms with Gasteiger partial charge < -0.3 is 14.7 Å². The van der Waals surface area contributed by atoms with Crippen molar-refractivity contribution in [3.8, 4) is 5.75 Å². The molecule has 2 aromatic rings. The Morgan fingerprint density at radius 3 is 2.32 bits per heavy atom. The Morgan fingerprint density at radius 1 is 1.14 bits per heavy atom. The molecule has 28 heavy (non-hydrogen) atoms. The van der Waals surface area contributed by atoms with Gasteiger partial charge in [0.15, 0.2) is 0 Å². The minimum Gasteiger partial charge on any atom is -0.491 e. The molecule has 0 saturated carbocycles. The molecule has 0 heterocycles. The van der Waals surface area contributed by atoms with E-state index < -0.39 is 16.1 Å². The zero-order valence-corrected chi connectivity index (χ0v) is 18.6. The molecule has 6 nitrogen and oxygen atoms in total. The number of hydrogen-bond acceptors (Lipinski definition) is 5. The van der Waals surface area contributed by atoms with Gasteiger partial charge in [-0.25, -0.2) is 8.42 Å². The summed E-state index contributed by atoms with van der Waals surface area (Å²) in [6.07, 6.45) is 0.356. The zero-order chi connectivity index (χ0) is 20.0. The van der Waals surface area contributed by atoms with Crippen LogP contribution in [-0.2, 0) is 10.0 Å². The largest absolute Gasteiger partial charge is 0.491 e. The van der Waals surface area contributed by atoms with E-state index in [4.69, 9.17) is 27.9 Å². The van der Waals surface area contributed by atoms with E-state index in [1.54, 1.807) is 36.4 Å². The van der Waals surface area contributed by atoms with E-state index in [2.05, 4.69) is 4.72 Å². The topological polar surface area (TPSA) is 78.9 Å². The van der Waals surface area contributed by atoms with Gasteiger partial charge in [0.05, 0.1) is 16.3 Å². The summed E-state index contributed by atoms with van der Waals surface area (Å²) < 4.78 is 30.3. The third-order valence-corrected chi connectivity index (χ3v) is 5.03. The van der Waals surface area contributed by atoms with Crippen LogP contribution in [0.3, 0.4) is 0 Å². The van der Waals surface area contributed by atoms with Crippen LogP contribution >= 0.6 is 35.6 Å². The molecular weight excluding hydrogens is 447 g/mol. The second kappa shape index (κ2) is 11.0. The highest BCUT2D eigenvalue weighted by Gasteiger charge is 2.13. The first-order valence-electron chi connectivity index (χ1n) is 8.26. The number of sulfonamides is 1. The summed E-state index contributed by atoms with van der Waals surface area (Å²) in [5.74, 6) is 0.533. The van der Waals surface area contributed by atoms with Gasteiger partial charge >= 0.3 is 0 Å². The molecule has 0 unspecified atom stereocenters. The molecule has 0 saturated heterocycles. The Morgan fingerprint density at radius 2 is 1.79 bits per heavy atom. The van der Waals surface area contributed by atoms with E-state index in [1.165, 1.54) is 0 Å². The minimum atomic E-state index is -3.32. The van der Waals surface area contributed by atoms with E-state index in [1.807, 2.05) is 17.9 Å². The average Bonchev–Trinajstić information content (AvgIpc) is 2.60. The van der Waals surface area contributed by atoms with Gasteiger partial charge in [-0.3, -0.25) is 4.72 Å². The molecule has 2 aromatic carbocycles. The smallest absolute Gasteiger partial charge is 0.229 e. The molecule has 0 spiro atoms. The monoisotopic (exact) mass is 468 g/mol. The van der Waals surface area contributed by atoms with Crippen LogP contribution in [0.1, 0.15) is 6.92 Å². The fraction of sp³-hybridized carbons (Fsp3) is 0.333. The normalized spacial score (nSPS) is 12.0. The molecule has 10 heteroatoms. The van der Waals surface area contributed by atoms with Crippen LogP contribution in [-0.4, -0.2) is 45.6 Å². The number of anilines is 2. The van der Waals surface area contributed by atoms with Crippen molar-refractivity contribution >= 4 is 57.0 Å². The molecule has 1 atom stereocenters. The van der Waals surface area contributed by atoms with Gasteiger partial charge in [0.2, 0.25) is 10.0 Å². The summed E-state index contributed by atoms with van der Waals surface area (Å²) >= 11 is 12.0. The second-order valence-corrected chi connectivity index (χ2v) is 8.56. The standard InChI is InChI=1S/C18H22Cl2N2O4S.ClH/c1-3-22(14-6-9-17(19)18(20)10-14)11-15(23)12-26-16-7-4-13(5-8-16)21-27(2,24)25;/h4-10,15,21,23H,3,11-12H2,1-2H3;1H/t15-;/m0./s1. The molecule has 2 N–H and O–H groups in total. The first-order valence-corrected chi connectivity index (χ1v) is 10.9. The van der Waals surface area contributed by atoms with E-state index >= 15 is 0 Å². The zero-order valence-electron chi connectivity index (χ0n) is 15.4. The summed E-state index contributed by atoms with van der Waals surface area (Å²) in [6, 6.07) is 11.8. The van der Waals surface area contributed by atoms with Crippen LogP contribution in [0, 0.1) is 0 Å². The predicted molar refractivity (Wildman–Crippen MR) is 118 cm³/mol. The molecule has 0 radical (unpaired) electrons. The van der Waals surface area contributed by atoms with E-state index in [-0.39, 0.29) is 19.0 Å². The summed E-state index contributed by atoms with van der Waals surface area (Å²) in [5, 5.41) is 11.2. The minimum absolute atomic E-state index is 0. The summed E-state index contributed by atoms with van der Waals surface area (Å²) in [5.41, 5.74) is 1.31. The molecule has 156 valence electrons. The van der Waals surface area contributed by atoms with Crippen molar-refractivity contribution < 1.29 is 18.3 Å². The quantitative estimate of drug-likeness (QED) is 0.579. The molecule has 0 amide bonds. The van der Waals surface area contributed by atoms with Crippen molar-refractivity contribution in [3.63, 3.8) is 0 Å². The maximum atomic E-state index is 11.2. The molecule has 0 aliphatic carbocycles. The molecular formula is C18H23Cl3N2O4S. The number of rotatable bonds is 9. The molecule has 0 aliphatic heterocycles. The third-order valence-electron chi connectivity index (χ3n) is 3.68. The third kappa shape index (κ3) is 7.93. The predicted octanol–water partition coefficient (Wildman–Crippen LogP) is 4.05. The second-order valence-electron chi connectivity index (χ2n) is 6.00. The van der Waals surface area contributed by atoms with Gasteiger partial charge in [-0.05, 0) is 49.4 Å². The van der Waals surface area contributed by atoms with Gasteiger partial charge in [-0.1, -0.05) is 23.2 Å². The van der Waals surface area contributed by atoms with Crippen molar-refractivity contribution in [2.45, 2.75) is 13.0 Å². The van der Waals surface area contributed by atoms with Crippen LogP contribution < -0.4 is 14.4 Å². The Hall–Kier alpha value is -1.38. The number of nitrogens with one attached hydrogen (secondary N) is 1. The van der Waals surface area contributed by atoms with E-state index in [9.17, 15) is 13.5 Å². The average molecular weight is 470 g/mol. The summed E-state index contributed by atoms with van der Waals surface area (Å²) in [4.78, 5) is 1.97. The lowest BCUT2D eigenvalue weighted by atomic mass is 10.2. The lowest BCUT2D eigenvalue weighted by Gasteiger charge is -2.26. The summed E-state index contributed by atoms with van der Waals surface area (Å²) in [6.45, 7) is 3.11. The van der Waals surface area contributed by atoms with Gasteiger partial charge in [0.25, 0.3) is 0 Å². The maximum Gasteiger partial charge on any atom is 0.229 e. The van der Waals surface area contributed by atoms with Crippen LogP contribution in [0.15, 0.2) is 42.5 Å². The van der Waals surface area contributed by atoms with Crippen molar-refractivity contribution in [3.05, 3.63) is 52.5 Å². The Kier molecular flexibility index (Phi) is 9.66. The van der Waals surface area contributed by atoms with Gasteiger partial charge in [-0.2, -0.15) is 0 Å². The summed E-state index contributed by atoms with van der Waals surface area (Å²) in [7, 11) is -3.32. The lowest BCUT2D eigenvalue weighted by Crippen LogP contribution is -2.35. The lowest BCUT2D eigenvalue weighted by molar-refractivity contribution is 0.112. The number of aliphatic hydroxyl groups excluding tert-OH is 1.